The molecule has 102 valence electrons. The van der Waals surface area contributed by atoms with Gasteiger partial charge >= 0.3 is 12.0 Å². The number of hydrogen-bond acceptors (Lipinski definition) is 2. The van der Waals surface area contributed by atoms with Crippen molar-refractivity contribution in [1.82, 2.24) is 10.6 Å². The van der Waals surface area contributed by atoms with Crippen LogP contribution in [-0.2, 0) is 4.79 Å². The fraction of sp³-hybridized carbons (Fsp3) is 0.846. The van der Waals surface area contributed by atoms with Crippen LogP contribution in [0.15, 0.2) is 0 Å². The molecule has 2 saturated carbocycles. The molecule has 2 aliphatic rings. The predicted molar refractivity (Wildman–Crippen MR) is 67.2 cm³/mol. The highest BCUT2D eigenvalue weighted by Gasteiger charge is 2.34. The van der Waals surface area contributed by atoms with Gasteiger partial charge in [-0.3, -0.25) is 4.79 Å². The third-order valence-corrected chi connectivity index (χ3v) is 4.12. The molecule has 3 N–H and O–H groups in total. The molecule has 5 nitrogen and oxygen atoms in total. The number of hydrogen-bond donors (Lipinski definition) is 3. The molecule has 0 aliphatic heterocycles. The summed E-state index contributed by atoms with van der Waals surface area (Å²) in [6.45, 7) is 2.02. The second kappa shape index (κ2) is 5.59. The van der Waals surface area contributed by atoms with Crippen LogP contribution >= 0.6 is 0 Å². The predicted octanol–water partition coefficient (Wildman–Crippen LogP) is 1.73. The van der Waals surface area contributed by atoms with E-state index in [-0.39, 0.29) is 24.5 Å². The van der Waals surface area contributed by atoms with Crippen molar-refractivity contribution in [2.24, 2.45) is 11.8 Å². The average molecular weight is 254 g/mol. The van der Waals surface area contributed by atoms with Crippen molar-refractivity contribution in [3.63, 3.8) is 0 Å². The molecular weight excluding hydrogens is 232 g/mol. The largest absolute Gasteiger partial charge is 0.481 e. The van der Waals surface area contributed by atoms with Crippen molar-refractivity contribution >= 4 is 12.0 Å². The highest BCUT2D eigenvalue weighted by molar-refractivity contribution is 5.76. The van der Waals surface area contributed by atoms with E-state index < -0.39 is 5.97 Å². The van der Waals surface area contributed by atoms with Crippen LogP contribution < -0.4 is 10.6 Å². The van der Waals surface area contributed by atoms with Crippen LogP contribution in [0.5, 0.6) is 0 Å². The van der Waals surface area contributed by atoms with E-state index in [0.717, 1.165) is 12.8 Å². The molecule has 0 aromatic carbocycles. The van der Waals surface area contributed by atoms with Crippen LogP contribution in [0.25, 0.3) is 0 Å². The van der Waals surface area contributed by atoms with Gasteiger partial charge < -0.3 is 15.7 Å². The van der Waals surface area contributed by atoms with Crippen LogP contribution in [0.2, 0.25) is 0 Å². The Hall–Kier alpha value is -1.26. The van der Waals surface area contributed by atoms with Crippen molar-refractivity contribution < 1.29 is 14.7 Å². The fourth-order valence-electron chi connectivity index (χ4n) is 2.50. The number of urea groups is 1. The molecule has 0 aromatic rings. The van der Waals surface area contributed by atoms with Crippen LogP contribution in [0.4, 0.5) is 4.79 Å². The van der Waals surface area contributed by atoms with Gasteiger partial charge in [-0.25, -0.2) is 4.79 Å². The minimum absolute atomic E-state index is 0.0237. The van der Waals surface area contributed by atoms with Crippen LogP contribution in [0.3, 0.4) is 0 Å². The monoisotopic (exact) mass is 254 g/mol. The van der Waals surface area contributed by atoms with Crippen molar-refractivity contribution in [1.29, 1.82) is 0 Å². The number of carboxylic acid groups (broad SMARTS) is 1. The van der Waals surface area contributed by atoms with Gasteiger partial charge in [0.15, 0.2) is 0 Å². The summed E-state index contributed by atoms with van der Waals surface area (Å²) in [5.74, 6) is 0.0969. The minimum atomic E-state index is -0.848. The highest BCUT2D eigenvalue weighted by Crippen LogP contribution is 2.34. The molecule has 2 unspecified atom stereocenters. The Morgan fingerprint density at radius 1 is 1.17 bits per heavy atom. The number of carboxylic acids is 1. The molecule has 18 heavy (non-hydrogen) atoms. The summed E-state index contributed by atoms with van der Waals surface area (Å²) < 4.78 is 0. The first-order valence-electron chi connectivity index (χ1n) is 6.85. The molecule has 2 aliphatic carbocycles. The smallest absolute Gasteiger partial charge is 0.315 e. The zero-order valence-electron chi connectivity index (χ0n) is 10.8. The minimum Gasteiger partial charge on any atom is -0.481 e. The Morgan fingerprint density at radius 3 is 2.28 bits per heavy atom. The van der Waals surface area contributed by atoms with Crippen LogP contribution in [-0.4, -0.2) is 29.2 Å². The molecule has 2 fully saturated rings. The van der Waals surface area contributed by atoms with E-state index in [2.05, 4.69) is 10.6 Å². The van der Waals surface area contributed by atoms with Crippen LogP contribution in [0.1, 0.15) is 45.4 Å². The van der Waals surface area contributed by atoms with Crippen molar-refractivity contribution in [3.05, 3.63) is 0 Å². The summed E-state index contributed by atoms with van der Waals surface area (Å²) in [5.41, 5.74) is 0. The van der Waals surface area contributed by atoms with E-state index in [1.165, 1.54) is 19.3 Å². The number of rotatable bonds is 6. The van der Waals surface area contributed by atoms with E-state index in [4.69, 9.17) is 5.11 Å². The van der Waals surface area contributed by atoms with Crippen LogP contribution in [0, 0.1) is 11.8 Å². The number of carbonyl (C=O) groups is 2. The van der Waals surface area contributed by atoms with Gasteiger partial charge in [-0.1, -0.05) is 6.42 Å². The van der Waals surface area contributed by atoms with Crippen molar-refractivity contribution in [3.8, 4) is 0 Å². The molecule has 0 spiro atoms. The number of nitrogens with one attached hydrogen (secondary N) is 2. The van der Waals surface area contributed by atoms with Crippen molar-refractivity contribution in [2.75, 3.05) is 0 Å². The molecule has 2 amide bonds. The zero-order valence-corrected chi connectivity index (χ0v) is 10.8. The number of aliphatic carboxylic acids is 1. The lowest BCUT2D eigenvalue weighted by Gasteiger charge is -2.32. The van der Waals surface area contributed by atoms with E-state index in [1.54, 1.807) is 0 Å². The Morgan fingerprint density at radius 2 is 1.83 bits per heavy atom. The SMILES string of the molecule is CC(NC(=O)NC(CC(=O)O)C1CC1)C1CCC1. The van der Waals surface area contributed by atoms with Gasteiger partial charge in [0.05, 0.1) is 6.42 Å². The Balaban J connectivity index is 1.75. The second-order valence-corrected chi connectivity index (χ2v) is 5.64. The lowest BCUT2D eigenvalue weighted by Crippen LogP contribution is -2.49. The number of carbonyl (C=O) groups excluding carboxylic acids is 1. The summed E-state index contributed by atoms with van der Waals surface area (Å²) in [5, 5.41) is 14.6. The maximum Gasteiger partial charge on any atom is 0.315 e. The van der Waals surface area contributed by atoms with Gasteiger partial charge in [-0.05, 0) is 44.4 Å². The molecule has 0 bridgehead atoms. The van der Waals surface area contributed by atoms with E-state index >= 15 is 0 Å². The van der Waals surface area contributed by atoms with E-state index in [1.807, 2.05) is 6.92 Å². The highest BCUT2D eigenvalue weighted by atomic mass is 16.4. The fourth-order valence-corrected chi connectivity index (χ4v) is 2.50. The molecule has 0 heterocycles. The molecule has 0 saturated heterocycles. The lowest BCUT2D eigenvalue weighted by molar-refractivity contribution is -0.137. The van der Waals surface area contributed by atoms with E-state index in [9.17, 15) is 9.59 Å². The number of amides is 2. The molecule has 2 rings (SSSR count). The summed E-state index contributed by atoms with van der Waals surface area (Å²) in [6.07, 6.45) is 5.69. The van der Waals surface area contributed by atoms with Gasteiger partial charge in [0.1, 0.15) is 0 Å². The molecule has 0 aromatic heterocycles. The Labute approximate surface area is 107 Å². The van der Waals surface area contributed by atoms with Gasteiger partial charge in [-0.2, -0.15) is 0 Å². The first-order chi connectivity index (χ1) is 8.56. The zero-order chi connectivity index (χ0) is 13.1. The molecule has 5 heteroatoms. The van der Waals surface area contributed by atoms with Crippen molar-refractivity contribution in [2.45, 2.75) is 57.5 Å². The van der Waals surface area contributed by atoms with Gasteiger partial charge in [0, 0.05) is 12.1 Å². The maximum atomic E-state index is 11.8. The summed E-state index contributed by atoms with van der Waals surface area (Å²) >= 11 is 0. The first-order valence-corrected chi connectivity index (χ1v) is 6.85. The standard InChI is InChI=1S/C13H22N2O3/c1-8(9-3-2-4-9)14-13(18)15-11(7-12(16)17)10-5-6-10/h8-11H,2-7H2,1H3,(H,16,17)(H2,14,15,18). The Bertz CT molecular complexity index is 324. The van der Waals surface area contributed by atoms with Gasteiger partial charge in [0.2, 0.25) is 0 Å². The second-order valence-electron chi connectivity index (χ2n) is 5.64. The quantitative estimate of drug-likeness (QED) is 0.675. The van der Waals surface area contributed by atoms with E-state index in [0.29, 0.717) is 11.8 Å². The Kier molecular flexibility index (Phi) is 4.09. The topological polar surface area (TPSA) is 78.4 Å². The summed E-state index contributed by atoms with van der Waals surface area (Å²) in [4.78, 5) is 22.5. The third kappa shape index (κ3) is 3.62. The first kappa shape index (κ1) is 13.2. The normalized spacial score (nSPS) is 22.7. The lowest BCUT2D eigenvalue weighted by atomic mass is 9.80. The summed E-state index contributed by atoms with van der Waals surface area (Å²) in [6, 6.07) is -0.243. The maximum absolute atomic E-state index is 11.8. The van der Waals surface area contributed by atoms with Gasteiger partial charge in [-0.15, -0.1) is 0 Å². The summed E-state index contributed by atoms with van der Waals surface area (Å²) in [7, 11) is 0. The molecule has 0 radical (unpaired) electrons. The average Bonchev–Trinajstić information content (AvgIpc) is 2.94. The van der Waals surface area contributed by atoms with Gasteiger partial charge in [0.25, 0.3) is 0 Å². The third-order valence-electron chi connectivity index (χ3n) is 4.12. The molecular formula is C13H22N2O3. The molecule has 2 atom stereocenters.